The lowest BCUT2D eigenvalue weighted by atomic mass is 10.0. The lowest BCUT2D eigenvalue weighted by Crippen LogP contribution is -2.61. The van der Waals surface area contributed by atoms with Crippen LogP contribution in [-0.2, 0) is 38.4 Å². The van der Waals surface area contributed by atoms with Gasteiger partial charge >= 0.3 is 0 Å². The van der Waals surface area contributed by atoms with E-state index in [1.54, 1.807) is 36.4 Å². The molecule has 4 amide bonds. The summed E-state index contributed by atoms with van der Waals surface area (Å²) < 4.78 is 0. The zero-order valence-corrected chi connectivity index (χ0v) is 28.6. The molecule has 0 spiro atoms. The lowest BCUT2D eigenvalue weighted by Gasteiger charge is -2.41. The van der Waals surface area contributed by atoms with Crippen molar-refractivity contribution in [1.29, 1.82) is 0 Å². The second-order valence-electron chi connectivity index (χ2n) is 11.7. The molecule has 47 heavy (non-hydrogen) atoms. The fourth-order valence-corrected chi connectivity index (χ4v) is 7.09. The number of nitrogens with two attached hydrogens (primary N) is 1. The van der Waals surface area contributed by atoms with Gasteiger partial charge in [-0.1, -0.05) is 88.9 Å². The van der Waals surface area contributed by atoms with Crippen LogP contribution in [0.1, 0.15) is 35.1 Å². The minimum Gasteiger partial charge on any atom is -0.368 e. The number of hydrogen-bond donors (Lipinski definition) is 1. The van der Waals surface area contributed by atoms with E-state index in [-0.39, 0.29) is 51.0 Å². The molecule has 0 bridgehead atoms. The van der Waals surface area contributed by atoms with Gasteiger partial charge in [0.05, 0.1) is 19.5 Å². The molecule has 0 saturated carbocycles. The van der Waals surface area contributed by atoms with E-state index in [9.17, 15) is 19.2 Å². The maximum Gasteiger partial charge on any atom is 0.246 e. The molecule has 12 heteroatoms. The summed E-state index contributed by atoms with van der Waals surface area (Å²) in [5.41, 5.74) is 10.5. The van der Waals surface area contributed by atoms with Gasteiger partial charge in [0.1, 0.15) is 6.04 Å². The number of primary amides is 1. The Hall–Kier alpha value is -3.56. The summed E-state index contributed by atoms with van der Waals surface area (Å²) in [6.45, 7) is 0.144. The van der Waals surface area contributed by atoms with E-state index in [2.05, 4.69) is 18.2 Å². The number of nitrogens with zero attached hydrogens (tertiary/aromatic N) is 3. The Morgan fingerprint density at radius 1 is 0.851 bits per heavy atom. The normalized spacial score (nSPS) is 15.9. The van der Waals surface area contributed by atoms with Crippen LogP contribution < -0.4 is 5.73 Å². The van der Waals surface area contributed by atoms with Gasteiger partial charge in [-0.3, -0.25) is 19.2 Å². The molecule has 0 radical (unpaired) electrons. The van der Waals surface area contributed by atoms with E-state index < -0.39 is 17.9 Å². The molecule has 1 saturated heterocycles. The molecule has 8 nitrogen and oxygen atoms in total. The topological polar surface area (TPSA) is 104 Å². The summed E-state index contributed by atoms with van der Waals surface area (Å²) in [4.78, 5) is 57.8. The molecule has 0 aromatic heterocycles. The van der Waals surface area contributed by atoms with Crippen LogP contribution in [0.15, 0.2) is 66.7 Å². The number of fused-ring (bicyclic) bond motifs is 1. The molecule has 1 unspecified atom stereocenters. The summed E-state index contributed by atoms with van der Waals surface area (Å²) in [6.07, 6.45) is 3.90. The van der Waals surface area contributed by atoms with Crippen molar-refractivity contribution >= 4 is 75.6 Å². The first-order valence-electron chi connectivity index (χ1n) is 15.3. The van der Waals surface area contributed by atoms with Gasteiger partial charge in [-0.2, -0.15) is 0 Å². The van der Waals surface area contributed by atoms with Gasteiger partial charge in [-0.15, -0.1) is 0 Å². The molecule has 2 aliphatic rings. The Labute approximate surface area is 294 Å². The molecular weight excluding hydrogens is 682 g/mol. The fourth-order valence-electron chi connectivity index (χ4n) is 6.08. The number of piperazine rings is 1. The van der Waals surface area contributed by atoms with Crippen molar-refractivity contribution in [3.8, 4) is 0 Å². The van der Waals surface area contributed by atoms with Gasteiger partial charge < -0.3 is 20.4 Å². The molecule has 1 fully saturated rings. The van der Waals surface area contributed by atoms with Crippen molar-refractivity contribution in [2.75, 3.05) is 32.7 Å². The molecule has 3 aromatic carbocycles. The van der Waals surface area contributed by atoms with Crippen molar-refractivity contribution in [2.45, 2.75) is 38.1 Å². The maximum atomic E-state index is 14.0. The second kappa shape index (κ2) is 15.6. The van der Waals surface area contributed by atoms with E-state index in [0.29, 0.717) is 39.4 Å². The van der Waals surface area contributed by atoms with E-state index in [1.807, 2.05) is 12.1 Å². The van der Waals surface area contributed by atoms with E-state index >= 15 is 0 Å². The van der Waals surface area contributed by atoms with Crippen LogP contribution in [0.25, 0.3) is 5.57 Å². The van der Waals surface area contributed by atoms with Crippen LogP contribution in [0.4, 0.5) is 0 Å². The highest BCUT2D eigenvalue weighted by Gasteiger charge is 2.41. The van der Waals surface area contributed by atoms with Gasteiger partial charge in [-0.25, -0.2) is 0 Å². The van der Waals surface area contributed by atoms with Crippen molar-refractivity contribution in [3.05, 3.63) is 109 Å². The van der Waals surface area contributed by atoms with Crippen molar-refractivity contribution in [2.24, 2.45) is 5.73 Å². The Kier molecular flexibility index (Phi) is 11.5. The highest BCUT2D eigenvalue weighted by atomic mass is 35.5. The third kappa shape index (κ3) is 8.68. The number of carbonyl (C=O) groups excluding carboxylic acids is 4. The second-order valence-corrected chi connectivity index (χ2v) is 13.3. The number of hydrogen-bond acceptors (Lipinski definition) is 4. The van der Waals surface area contributed by atoms with Crippen LogP contribution in [0.2, 0.25) is 20.1 Å². The Morgan fingerprint density at radius 2 is 1.51 bits per heavy atom. The Balaban J connectivity index is 1.35. The van der Waals surface area contributed by atoms with Crippen LogP contribution in [0.5, 0.6) is 0 Å². The largest absolute Gasteiger partial charge is 0.368 e. The highest BCUT2D eigenvalue weighted by molar-refractivity contribution is 6.35. The quantitative estimate of drug-likeness (QED) is 0.240. The highest BCUT2D eigenvalue weighted by Crippen LogP contribution is 2.31. The van der Waals surface area contributed by atoms with Gasteiger partial charge in [0.15, 0.2) is 0 Å². The molecule has 3 aromatic rings. The summed E-state index contributed by atoms with van der Waals surface area (Å²) in [5, 5.41) is 1.87. The van der Waals surface area contributed by atoms with E-state index in [1.165, 1.54) is 20.3 Å². The summed E-state index contributed by atoms with van der Waals surface area (Å²) in [6, 6.07) is 17.2. The predicted molar refractivity (Wildman–Crippen MR) is 186 cm³/mol. The Morgan fingerprint density at radius 3 is 2.17 bits per heavy atom. The first-order valence-corrected chi connectivity index (χ1v) is 16.8. The molecule has 1 aliphatic heterocycles. The zero-order chi connectivity index (χ0) is 33.7. The summed E-state index contributed by atoms with van der Waals surface area (Å²) >= 11 is 24.8. The summed E-state index contributed by atoms with van der Waals surface area (Å²) in [7, 11) is 0. The first kappa shape index (κ1) is 34.8. The van der Waals surface area contributed by atoms with Gasteiger partial charge in [0, 0.05) is 39.7 Å². The Bertz CT molecular complexity index is 1730. The molecule has 1 heterocycles. The maximum absolute atomic E-state index is 14.0. The van der Waals surface area contributed by atoms with E-state index in [0.717, 1.165) is 28.7 Å². The number of amides is 4. The average molecular weight is 716 g/mol. The zero-order valence-electron chi connectivity index (χ0n) is 25.6. The van der Waals surface area contributed by atoms with Crippen molar-refractivity contribution in [1.82, 2.24) is 14.7 Å². The summed E-state index contributed by atoms with van der Waals surface area (Å²) in [5.74, 6) is -1.77. The van der Waals surface area contributed by atoms with Crippen LogP contribution in [0, 0.1) is 0 Å². The van der Waals surface area contributed by atoms with E-state index in [4.69, 9.17) is 52.1 Å². The standard InChI is InChI=1S/C35H34Cl4N4O4/c36-26-9-7-24(29(38)17-26)11-14-41(20-32(40)44)33(45)19-31-35(47)42(15-12-25-8-10-27(37)18-30(25)39)21-34(46)43(31)16-13-23-6-5-22-3-1-2-4-28(22)23/h1-4,6-10,17-18,31H,5,11-16,19-21H2,(H2,40,44). The van der Waals surface area contributed by atoms with Gasteiger partial charge in [0.25, 0.3) is 0 Å². The van der Waals surface area contributed by atoms with Crippen LogP contribution in [0.3, 0.4) is 0 Å². The van der Waals surface area contributed by atoms with Crippen molar-refractivity contribution < 1.29 is 19.2 Å². The molecule has 2 N–H and O–H groups in total. The molecule has 5 rings (SSSR count). The number of rotatable bonds is 13. The SMILES string of the molecule is NC(=O)CN(CCc1ccc(Cl)cc1Cl)C(=O)CC1C(=O)N(CCc2ccc(Cl)cc2Cl)CC(=O)N1CCC1=CCc2ccccc21. The van der Waals surface area contributed by atoms with Crippen LogP contribution in [-0.4, -0.2) is 77.1 Å². The van der Waals surface area contributed by atoms with Gasteiger partial charge in [-0.05, 0) is 77.8 Å². The average Bonchev–Trinajstić information content (AvgIpc) is 3.44. The fraction of sp³-hybridized carbons (Fsp3) is 0.314. The smallest absolute Gasteiger partial charge is 0.246 e. The predicted octanol–water partition coefficient (Wildman–Crippen LogP) is 5.86. The number of benzene rings is 3. The third-order valence-corrected chi connectivity index (χ3v) is 9.75. The van der Waals surface area contributed by atoms with Gasteiger partial charge in [0.2, 0.25) is 23.6 Å². The minimum absolute atomic E-state index is 0.121. The lowest BCUT2D eigenvalue weighted by molar-refractivity contribution is -0.158. The minimum atomic E-state index is -1.06. The third-order valence-electron chi connectivity index (χ3n) is 8.57. The monoisotopic (exact) mass is 714 g/mol. The molecule has 1 atom stereocenters. The molecule has 1 aliphatic carbocycles. The first-order chi connectivity index (χ1) is 22.5. The number of allylic oxidation sites excluding steroid dienone is 1. The molecule has 246 valence electrons. The number of carbonyl (C=O) groups is 4. The molecular formula is C35H34Cl4N4O4. The number of halogens is 4. The van der Waals surface area contributed by atoms with Crippen molar-refractivity contribution in [3.63, 3.8) is 0 Å². The van der Waals surface area contributed by atoms with Crippen LogP contribution >= 0.6 is 46.4 Å².